The summed E-state index contributed by atoms with van der Waals surface area (Å²) in [7, 11) is 0. The van der Waals surface area contributed by atoms with Gasteiger partial charge in [0.1, 0.15) is 23.2 Å². The Hall–Kier alpha value is -5.93. The summed E-state index contributed by atoms with van der Waals surface area (Å²) in [6, 6.07) is 2.19. The molecule has 63 heavy (non-hydrogen) atoms. The van der Waals surface area contributed by atoms with E-state index in [1.54, 1.807) is 10.9 Å². The van der Waals surface area contributed by atoms with E-state index in [2.05, 4.69) is 45.9 Å². The van der Waals surface area contributed by atoms with Gasteiger partial charge in [0.05, 0.1) is 48.4 Å². The maximum Gasteiger partial charge on any atom is 0.284 e. The maximum absolute atomic E-state index is 14.2. The molecule has 0 aromatic carbocycles. The number of pyridine rings is 1. The number of carbonyl (C=O) groups is 5. The summed E-state index contributed by atoms with van der Waals surface area (Å²) in [5, 5.41) is 16.5. The van der Waals surface area contributed by atoms with Crippen molar-refractivity contribution in [2.24, 2.45) is 5.92 Å². The van der Waals surface area contributed by atoms with E-state index in [0.717, 1.165) is 63.1 Å². The fourth-order valence-corrected chi connectivity index (χ4v) is 9.32. The number of amides is 5. The summed E-state index contributed by atoms with van der Waals surface area (Å²) in [4.78, 5) is 78.3. The standard InChI is InChI=1S/C42H50F2N12O7/c43-36(44)35-30(48-39(58)29-22-47-54-16-11-32(49-38(29)54)53-17-20-62-21-18-53)24-55(51-35)26-4-2-25(3-5-26)23-52-14-9-27(10-15-52)63-19-1-12-45-37-34-28(8-13-46-37)41(60)56(42(34)61)31-6-7-33(57)50-40(31)59/h8,11,13,16,22,24-27,31,36H,1-7,9-10,12,14-15,17-21,23H2,(H,45,46)(H,48,58)(H,50,57,59). The quantitative estimate of drug-likeness (QED) is 0.123. The van der Waals surface area contributed by atoms with Gasteiger partial charge < -0.3 is 29.9 Å². The van der Waals surface area contributed by atoms with Crippen molar-refractivity contribution in [2.45, 2.75) is 82.4 Å². The van der Waals surface area contributed by atoms with Crippen LogP contribution in [0.4, 0.5) is 26.1 Å². The fourth-order valence-electron chi connectivity index (χ4n) is 9.32. The first kappa shape index (κ1) is 42.4. The molecule has 1 unspecified atom stereocenters. The molecule has 9 rings (SSSR count). The molecule has 1 atom stereocenters. The zero-order valence-corrected chi connectivity index (χ0v) is 34.7. The number of fused-ring (bicyclic) bond motifs is 2. The van der Waals surface area contributed by atoms with Crippen LogP contribution in [0.1, 0.15) is 107 Å². The zero-order valence-electron chi connectivity index (χ0n) is 34.7. The van der Waals surface area contributed by atoms with Gasteiger partial charge in [-0.3, -0.25) is 38.9 Å². The van der Waals surface area contributed by atoms with Crippen molar-refractivity contribution < 1.29 is 42.2 Å². The molecule has 21 heteroatoms. The first-order chi connectivity index (χ1) is 30.6. The van der Waals surface area contributed by atoms with Gasteiger partial charge in [-0.1, -0.05) is 0 Å². The van der Waals surface area contributed by atoms with Gasteiger partial charge in [0, 0.05) is 70.9 Å². The number of imide groups is 2. The minimum atomic E-state index is -2.87. The number of hydrogen-bond donors (Lipinski definition) is 3. The monoisotopic (exact) mass is 872 g/mol. The number of piperidine rings is 2. The Morgan fingerprint density at radius 3 is 2.54 bits per heavy atom. The molecule has 1 saturated carbocycles. The van der Waals surface area contributed by atoms with Crippen molar-refractivity contribution in [3.05, 3.63) is 59.3 Å². The molecule has 0 spiro atoms. The molecule has 1 aliphatic carbocycles. The highest BCUT2D eigenvalue weighted by Crippen LogP contribution is 2.36. The Bertz CT molecular complexity index is 2370. The van der Waals surface area contributed by atoms with Crippen molar-refractivity contribution in [2.75, 3.05) is 74.6 Å². The molecular formula is C42H50F2N12O7. The van der Waals surface area contributed by atoms with Crippen molar-refractivity contribution in [1.29, 1.82) is 0 Å². The number of hydrogen-bond acceptors (Lipinski definition) is 14. The van der Waals surface area contributed by atoms with Crippen molar-refractivity contribution in [3.8, 4) is 0 Å². The summed E-state index contributed by atoms with van der Waals surface area (Å²) < 4.78 is 43.2. The Morgan fingerprint density at radius 2 is 1.78 bits per heavy atom. The molecule has 0 radical (unpaired) electrons. The van der Waals surface area contributed by atoms with E-state index in [0.29, 0.717) is 63.3 Å². The Labute approximate surface area is 360 Å². The molecular weight excluding hydrogens is 823 g/mol. The summed E-state index contributed by atoms with van der Waals surface area (Å²) in [5.74, 6) is -1.42. The molecule has 5 aliphatic rings. The second kappa shape index (κ2) is 18.4. The van der Waals surface area contributed by atoms with Gasteiger partial charge >= 0.3 is 0 Å². The van der Waals surface area contributed by atoms with Crippen molar-refractivity contribution >= 4 is 52.5 Å². The van der Waals surface area contributed by atoms with Crippen LogP contribution in [0.3, 0.4) is 0 Å². The summed E-state index contributed by atoms with van der Waals surface area (Å²) in [6.07, 6.45) is 9.40. The van der Waals surface area contributed by atoms with E-state index < -0.39 is 47.7 Å². The second-order valence-corrected chi connectivity index (χ2v) is 16.7. The number of alkyl halides is 2. The lowest BCUT2D eigenvalue weighted by molar-refractivity contribution is -0.136. The molecule has 3 N–H and O–H groups in total. The average Bonchev–Trinajstić information content (AvgIpc) is 3.99. The molecule has 8 heterocycles. The number of likely N-dealkylation sites (tertiary alicyclic amines) is 1. The lowest BCUT2D eigenvalue weighted by Gasteiger charge is -2.36. The third-order valence-corrected chi connectivity index (χ3v) is 12.7. The van der Waals surface area contributed by atoms with Gasteiger partial charge in [0.2, 0.25) is 11.8 Å². The number of nitrogens with zero attached hydrogens (tertiary/aromatic N) is 9. The number of halogens is 2. The van der Waals surface area contributed by atoms with Crippen LogP contribution in [0.25, 0.3) is 5.65 Å². The molecule has 4 aromatic rings. The van der Waals surface area contributed by atoms with Gasteiger partial charge in [-0.2, -0.15) is 10.2 Å². The minimum Gasteiger partial charge on any atom is -0.378 e. The fraction of sp³-hybridized carbons (Fsp3) is 0.548. The highest BCUT2D eigenvalue weighted by Gasteiger charge is 2.46. The summed E-state index contributed by atoms with van der Waals surface area (Å²) in [6.45, 7) is 6.26. The molecule has 4 fully saturated rings. The average molecular weight is 873 g/mol. The third kappa shape index (κ3) is 8.99. The third-order valence-electron chi connectivity index (χ3n) is 12.7. The highest BCUT2D eigenvalue weighted by molar-refractivity contribution is 6.25. The number of ether oxygens (including phenoxy) is 2. The summed E-state index contributed by atoms with van der Waals surface area (Å²) in [5.41, 5.74) is 0.327. The highest BCUT2D eigenvalue weighted by atomic mass is 19.3. The van der Waals surface area contributed by atoms with E-state index in [1.807, 2.05) is 6.07 Å². The normalized spacial score (nSPS) is 22.6. The second-order valence-electron chi connectivity index (χ2n) is 16.7. The Morgan fingerprint density at radius 1 is 0.984 bits per heavy atom. The van der Waals surface area contributed by atoms with Gasteiger partial charge in [-0.05, 0) is 69.4 Å². The first-order valence-electron chi connectivity index (χ1n) is 21.7. The number of nitrogens with one attached hydrogen (secondary N) is 3. The van der Waals surface area contributed by atoms with E-state index >= 15 is 0 Å². The van der Waals surface area contributed by atoms with Gasteiger partial charge in [-0.25, -0.2) is 23.3 Å². The lowest BCUT2D eigenvalue weighted by Crippen LogP contribution is -2.54. The van der Waals surface area contributed by atoms with Crippen LogP contribution in [0, 0.1) is 5.92 Å². The molecule has 4 aromatic heterocycles. The molecule has 334 valence electrons. The van der Waals surface area contributed by atoms with E-state index in [1.165, 1.54) is 29.2 Å². The molecule has 0 bridgehead atoms. The largest absolute Gasteiger partial charge is 0.378 e. The SMILES string of the molecule is O=C1CCC(N2C(=O)c3ccnc(NCCCOC4CCN(CC5CCC(n6cc(NC(=O)c7cnn8ccc(N9CCOCC9)nc78)c(C(F)F)n6)CC5)CC4)c3C2=O)C(=O)N1. The van der Waals surface area contributed by atoms with Crippen LogP contribution in [-0.4, -0.2) is 140 Å². The Kier molecular flexibility index (Phi) is 12.4. The Balaban J connectivity index is 0.702. The van der Waals surface area contributed by atoms with E-state index in [9.17, 15) is 32.8 Å². The van der Waals surface area contributed by atoms with Crippen molar-refractivity contribution in [3.63, 3.8) is 0 Å². The molecule has 5 amide bonds. The molecule has 4 aliphatic heterocycles. The molecule has 19 nitrogen and oxygen atoms in total. The van der Waals surface area contributed by atoms with E-state index in [-0.39, 0.29) is 53.2 Å². The maximum atomic E-state index is 14.2. The number of rotatable bonds is 14. The van der Waals surface area contributed by atoms with Crippen LogP contribution < -0.4 is 20.9 Å². The van der Waals surface area contributed by atoms with Gasteiger partial charge in [0.15, 0.2) is 11.3 Å². The van der Waals surface area contributed by atoms with Crippen LogP contribution in [-0.2, 0) is 19.1 Å². The summed E-state index contributed by atoms with van der Waals surface area (Å²) >= 11 is 0. The van der Waals surface area contributed by atoms with Gasteiger partial charge in [0.25, 0.3) is 24.1 Å². The lowest BCUT2D eigenvalue weighted by atomic mass is 9.85. The van der Waals surface area contributed by atoms with Crippen LogP contribution in [0.5, 0.6) is 0 Å². The minimum absolute atomic E-state index is 0.0206. The smallest absolute Gasteiger partial charge is 0.284 e. The number of aromatic nitrogens is 6. The number of carbonyl (C=O) groups excluding carboxylic acids is 5. The van der Waals surface area contributed by atoms with Crippen LogP contribution in [0.2, 0.25) is 0 Å². The predicted octanol–water partition coefficient (Wildman–Crippen LogP) is 3.46. The molecule has 3 saturated heterocycles. The zero-order chi connectivity index (χ0) is 43.6. The van der Waals surface area contributed by atoms with Gasteiger partial charge in [-0.15, -0.1) is 0 Å². The topological polar surface area (TPSA) is 211 Å². The van der Waals surface area contributed by atoms with Crippen molar-refractivity contribution in [1.82, 2.24) is 44.5 Å². The van der Waals surface area contributed by atoms with E-state index in [4.69, 9.17) is 9.47 Å². The van der Waals surface area contributed by atoms with Crippen LogP contribution >= 0.6 is 0 Å². The number of anilines is 3. The predicted molar refractivity (Wildman–Crippen MR) is 222 cm³/mol. The van der Waals surface area contributed by atoms with Crippen LogP contribution in [0.15, 0.2) is 36.9 Å². The number of morpholine rings is 1. The first-order valence-corrected chi connectivity index (χ1v) is 21.7.